The summed E-state index contributed by atoms with van der Waals surface area (Å²) in [5, 5.41) is 14.7. The number of esters is 1. The SMILES string of the molecule is CCOC(=O)CNC(=O)NCc1ccc(C2OC(Cn3cnc4ccccc43)CC(c3ccc(CO)cc3)O2)cc1. The summed E-state index contributed by atoms with van der Waals surface area (Å²) in [5.41, 5.74) is 5.59. The maximum absolute atomic E-state index is 12.0. The zero-order valence-corrected chi connectivity index (χ0v) is 22.9. The number of urea groups is 1. The summed E-state index contributed by atoms with van der Waals surface area (Å²) in [7, 11) is 0. The maximum atomic E-state index is 12.0. The summed E-state index contributed by atoms with van der Waals surface area (Å²) in [6.07, 6.45) is 1.56. The predicted octanol–water partition coefficient (Wildman–Crippen LogP) is 4.14. The minimum Gasteiger partial charge on any atom is -0.465 e. The van der Waals surface area contributed by atoms with Gasteiger partial charge in [0.05, 0.1) is 49.3 Å². The van der Waals surface area contributed by atoms with Gasteiger partial charge >= 0.3 is 12.0 Å². The molecule has 2 amide bonds. The zero-order valence-electron chi connectivity index (χ0n) is 22.9. The van der Waals surface area contributed by atoms with Gasteiger partial charge in [0.1, 0.15) is 6.54 Å². The van der Waals surface area contributed by atoms with Gasteiger partial charge < -0.3 is 34.5 Å². The van der Waals surface area contributed by atoms with E-state index in [2.05, 4.69) is 20.2 Å². The summed E-state index contributed by atoms with van der Waals surface area (Å²) < 4.78 is 19.8. The van der Waals surface area contributed by atoms with E-state index in [1.54, 1.807) is 6.92 Å². The van der Waals surface area contributed by atoms with Crippen molar-refractivity contribution in [2.24, 2.45) is 0 Å². The van der Waals surface area contributed by atoms with Crippen LogP contribution in [0.1, 0.15) is 48.0 Å². The molecule has 4 aromatic rings. The van der Waals surface area contributed by atoms with Crippen molar-refractivity contribution in [2.45, 2.75) is 51.5 Å². The molecule has 0 bridgehead atoms. The molecule has 41 heavy (non-hydrogen) atoms. The van der Waals surface area contributed by atoms with E-state index >= 15 is 0 Å². The van der Waals surface area contributed by atoms with Gasteiger partial charge in [-0.25, -0.2) is 9.78 Å². The Morgan fingerprint density at radius 1 is 0.976 bits per heavy atom. The quantitative estimate of drug-likeness (QED) is 0.250. The second-order valence-corrected chi connectivity index (χ2v) is 9.82. The molecule has 0 spiro atoms. The standard InChI is InChI=1S/C31H34N4O6/c1-2-39-29(37)17-33-31(38)32-16-21-7-13-24(14-8-21)30-40-25(18-35-20-34-26-5-3-4-6-27(26)35)15-28(41-30)23-11-9-22(19-36)10-12-23/h3-14,20,25,28,30,36H,2,15-19H2,1H3,(H2,32,33,38). The minimum absolute atomic E-state index is 0.0118. The Morgan fingerprint density at radius 2 is 1.71 bits per heavy atom. The third kappa shape index (κ3) is 7.29. The monoisotopic (exact) mass is 558 g/mol. The summed E-state index contributed by atoms with van der Waals surface area (Å²) in [6, 6.07) is 23.0. The molecule has 1 aliphatic rings. The highest BCUT2D eigenvalue weighted by Gasteiger charge is 2.32. The van der Waals surface area contributed by atoms with E-state index in [1.807, 2.05) is 79.1 Å². The van der Waals surface area contributed by atoms with E-state index < -0.39 is 18.3 Å². The molecule has 3 N–H and O–H groups in total. The number of rotatable bonds is 10. The van der Waals surface area contributed by atoms with Gasteiger partial charge in [0.15, 0.2) is 6.29 Å². The van der Waals surface area contributed by atoms with E-state index in [0.717, 1.165) is 33.3 Å². The van der Waals surface area contributed by atoms with Crippen molar-refractivity contribution in [3.05, 3.63) is 101 Å². The van der Waals surface area contributed by atoms with E-state index in [1.165, 1.54) is 0 Å². The molecule has 10 nitrogen and oxygen atoms in total. The predicted molar refractivity (Wildman–Crippen MR) is 151 cm³/mol. The van der Waals surface area contributed by atoms with E-state index in [0.29, 0.717) is 13.0 Å². The number of hydrogen-bond donors (Lipinski definition) is 3. The Balaban J connectivity index is 1.27. The first-order chi connectivity index (χ1) is 20.0. The number of amides is 2. The number of hydrogen-bond acceptors (Lipinski definition) is 7. The molecule has 0 radical (unpaired) electrons. The number of carbonyl (C=O) groups excluding carboxylic acids is 2. The lowest BCUT2D eigenvalue weighted by Crippen LogP contribution is -2.38. The number of nitrogens with one attached hydrogen (secondary N) is 2. The van der Waals surface area contributed by atoms with Crippen molar-refractivity contribution < 1.29 is 28.9 Å². The fraction of sp³-hybridized carbons (Fsp3) is 0.323. The van der Waals surface area contributed by atoms with Gasteiger partial charge in [-0.05, 0) is 35.7 Å². The number of aromatic nitrogens is 2. The number of ether oxygens (including phenoxy) is 3. The lowest BCUT2D eigenvalue weighted by molar-refractivity contribution is -0.252. The van der Waals surface area contributed by atoms with Crippen LogP contribution in [-0.4, -0.2) is 45.9 Å². The number of nitrogens with zero attached hydrogens (tertiary/aromatic N) is 2. The van der Waals surface area contributed by atoms with Crippen LogP contribution in [-0.2, 0) is 38.7 Å². The topological polar surface area (TPSA) is 124 Å². The Hall–Kier alpha value is -4.25. The first-order valence-electron chi connectivity index (χ1n) is 13.7. The Bertz CT molecular complexity index is 1450. The first-order valence-corrected chi connectivity index (χ1v) is 13.7. The molecule has 1 aromatic heterocycles. The minimum atomic E-state index is -0.596. The van der Waals surface area contributed by atoms with Crippen LogP contribution in [0.2, 0.25) is 0 Å². The van der Waals surface area contributed by atoms with E-state index in [-0.39, 0.29) is 38.5 Å². The normalized spacial score (nSPS) is 18.6. The lowest BCUT2D eigenvalue weighted by atomic mass is 10.00. The smallest absolute Gasteiger partial charge is 0.325 e. The molecular formula is C31H34N4O6. The van der Waals surface area contributed by atoms with Gasteiger partial charge in [0.25, 0.3) is 0 Å². The summed E-state index contributed by atoms with van der Waals surface area (Å²) >= 11 is 0. The molecule has 0 saturated carbocycles. The zero-order chi connectivity index (χ0) is 28.6. The molecule has 3 atom stereocenters. The highest BCUT2D eigenvalue weighted by Crippen LogP contribution is 2.38. The van der Waals surface area contributed by atoms with Gasteiger partial charge in [-0.3, -0.25) is 4.79 Å². The van der Waals surface area contributed by atoms with Crippen molar-refractivity contribution in [3.8, 4) is 0 Å². The summed E-state index contributed by atoms with van der Waals surface area (Å²) in [5.74, 6) is -0.485. The molecule has 1 aliphatic heterocycles. The average Bonchev–Trinajstić information content (AvgIpc) is 3.42. The van der Waals surface area contributed by atoms with Crippen molar-refractivity contribution in [1.82, 2.24) is 20.2 Å². The lowest BCUT2D eigenvalue weighted by Gasteiger charge is -2.36. The molecule has 3 aromatic carbocycles. The summed E-state index contributed by atoms with van der Waals surface area (Å²) in [4.78, 5) is 27.9. The number of benzene rings is 3. The van der Waals surface area contributed by atoms with Crippen molar-refractivity contribution in [2.75, 3.05) is 13.2 Å². The average molecular weight is 559 g/mol. The van der Waals surface area contributed by atoms with Gasteiger partial charge in [-0.15, -0.1) is 0 Å². The molecule has 1 saturated heterocycles. The fourth-order valence-corrected chi connectivity index (χ4v) is 4.81. The maximum Gasteiger partial charge on any atom is 0.325 e. The van der Waals surface area contributed by atoms with Gasteiger partial charge in [-0.2, -0.15) is 0 Å². The second kappa shape index (κ2) is 13.4. The van der Waals surface area contributed by atoms with Gasteiger partial charge in [0.2, 0.25) is 0 Å². The Labute approximate surface area is 238 Å². The molecular weight excluding hydrogens is 524 g/mol. The number of carbonyl (C=O) groups is 2. The molecule has 5 rings (SSSR count). The van der Waals surface area contributed by atoms with Crippen molar-refractivity contribution >= 4 is 23.0 Å². The van der Waals surface area contributed by atoms with Gasteiger partial charge in [0, 0.05) is 18.5 Å². The fourth-order valence-electron chi connectivity index (χ4n) is 4.81. The van der Waals surface area contributed by atoms with Crippen LogP contribution < -0.4 is 10.6 Å². The van der Waals surface area contributed by atoms with Crippen LogP contribution in [0.25, 0.3) is 11.0 Å². The largest absolute Gasteiger partial charge is 0.465 e. The second-order valence-electron chi connectivity index (χ2n) is 9.82. The highest BCUT2D eigenvalue weighted by molar-refractivity contribution is 5.80. The van der Waals surface area contributed by atoms with Crippen LogP contribution >= 0.6 is 0 Å². The molecule has 0 aliphatic carbocycles. The van der Waals surface area contributed by atoms with Crippen LogP contribution in [0.3, 0.4) is 0 Å². The summed E-state index contributed by atoms with van der Waals surface area (Å²) in [6.45, 7) is 2.69. The Kier molecular flexibility index (Phi) is 9.25. The van der Waals surface area contributed by atoms with Crippen LogP contribution in [0.15, 0.2) is 79.1 Å². The van der Waals surface area contributed by atoms with Crippen LogP contribution in [0.5, 0.6) is 0 Å². The molecule has 10 heteroatoms. The number of aliphatic hydroxyl groups excluding tert-OH is 1. The first kappa shape index (κ1) is 28.3. The highest BCUT2D eigenvalue weighted by atomic mass is 16.7. The number of para-hydroxylation sites is 2. The molecule has 214 valence electrons. The third-order valence-corrected chi connectivity index (χ3v) is 6.95. The van der Waals surface area contributed by atoms with E-state index in [9.17, 15) is 14.7 Å². The molecule has 1 fully saturated rings. The molecule has 2 heterocycles. The van der Waals surface area contributed by atoms with Gasteiger partial charge in [-0.1, -0.05) is 60.7 Å². The number of fused-ring (bicyclic) bond motifs is 1. The van der Waals surface area contributed by atoms with Crippen molar-refractivity contribution in [3.63, 3.8) is 0 Å². The Morgan fingerprint density at radius 3 is 2.46 bits per heavy atom. The third-order valence-electron chi connectivity index (χ3n) is 6.95. The van der Waals surface area contributed by atoms with Crippen molar-refractivity contribution in [1.29, 1.82) is 0 Å². The van der Waals surface area contributed by atoms with Crippen LogP contribution in [0.4, 0.5) is 4.79 Å². The van der Waals surface area contributed by atoms with Crippen LogP contribution in [0, 0.1) is 0 Å². The number of aliphatic hydroxyl groups is 1. The number of imidazole rings is 1. The molecule has 3 unspecified atom stereocenters. The van der Waals surface area contributed by atoms with E-state index in [4.69, 9.17) is 14.2 Å².